The molecule has 188 valence electrons. The maximum Gasteiger partial charge on any atom is 0.338 e. The molecule has 0 saturated carbocycles. The Labute approximate surface area is 208 Å². The highest BCUT2D eigenvalue weighted by molar-refractivity contribution is 7.89. The molecular formula is C23H26ClN3O7S. The zero-order valence-corrected chi connectivity index (χ0v) is 21.0. The predicted molar refractivity (Wildman–Crippen MR) is 130 cm³/mol. The molecule has 0 spiro atoms. The van der Waals surface area contributed by atoms with E-state index >= 15 is 0 Å². The molecule has 0 radical (unpaired) electrons. The first-order chi connectivity index (χ1) is 16.4. The van der Waals surface area contributed by atoms with Crippen LogP contribution >= 0.6 is 11.6 Å². The Bertz CT molecular complexity index is 1220. The molecule has 35 heavy (non-hydrogen) atoms. The summed E-state index contributed by atoms with van der Waals surface area (Å²) < 4.78 is 32.6. The van der Waals surface area contributed by atoms with Gasteiger partial charge in [0, 0.05) is 25.2 Å². The third-order valence-corrected chi connectivity index (χ3v) is 7.80. The molecule has 10 nitrogen and oxygen atoms in total. The third-order valence-electron chi connectivity index (χ3n) is 5.64. The number of sulfonamides is 1. The number of piperidine rings is 1. The van der Waals surface area contributed by atoms with Crippen LogP contribution in [0.3, 0.4) is 0 Å². The van der Waals surface area contributed by atoms with E-state index in [1.165, 1.54) is 47.6 Å². The minimum absolute atomic E-state index is 0.0413. The fraction of sp³-hybridized carbons (Fsp3) is 0.391. The lowest BCUT2D eigenvalue weighted by Crippen LogP contribution is -2.42. The van der Waals surface area contributed by atoms with Crippen molar-refractivity contribution in [3.05, 3.63) is 63.2 Å². The normalized spacial score (nSPS) is 19.5. The van der Waals surface area contributed by atoms with E-state index in [-0.39, 0.29) is 38.7 Å². The van der Waals surface area contributed by atoms with Crippen molar-refractivity contribution in [2.24, 2.45) is 11.8 Å². The molecular weight excluding hydrogens is 498 g/mol. The molecule has 3 rings (SSSR count). The standard InChI is InChI=1S/C23H26ClN3O7S/c1-14-10-15(2)13-26(12-14)35(32,33)19-7-4-17(5-8-19)23(29)34-16(3)22(28)25-21-9-6-18(27(30)31)11-20(21)24/h4-9,11,14-16H,10,12-13H2,1-3H3,(H,25,28)/t14-,15-,16-/m1/s1. The summed E-state index contributed by atoms with van der Waals surface area (Å²) in [4.78, 5) is 35.1. The van der Waals surface area contributed by atoms with Gasteiger partial charge < -0.3 is 10.1 Å². The number of rotatable bonds is 7. The second-order valence-electron chi connectivity index (χ2n) is 8.75. The third kappa shape index (κ3) is 6.36. The van der Waals surface area contributed by atoms with Crippen LogP contribution in [0, 0.1) is 22.0 Å². The lowest BCUT2D eigenvalue weighted by Gasteiger charge is -2.34. The summed E-state index contributed by atoms with van der Waals surface area (Å²) in [6.45, 7) is 6.28. The molecule has 0 aromatic heterocycles. The number of nitro groups is 1. The van der Waals surface area contributed by atoms with Gasteiger partial charge >= 0.3 is 5.97 Å². The number of carbonyl (C=O) groups excluding carboxylic acids is 2. The van der Waals surface area contributed by atoms with Gasteiger partial charge in [0.25, 0.3) is 11.6 Å². The van der Waals surface area contributed by atoms with Crippen LogP contribution in [0.25, 0.3) is 0 Å². The lowest BCUT2D eigenvalue weighted by atomic mass is 9.94. The monoisotopic (exact) mass is 523 g/mol. The largest absolute Gasteiger partial charge is 0.449 e. The van der Waals surface area contributed by atoms with Crippen LogP contribution in [0.5, 0.6) is 0 Å². The van der Waals surface area contributed by atoms with Gasteiger partial charge in [-0.1, -0.05) is 25.4 Å². The molecule has 1 N–H and O–H groups in total. The summed E-state index contributed by atoms with van der Waals surface area (Å²) in [5, 5.41) is 13.2. The van der Waals surface area contributed by atoms with Crippen LogP contribution in [-0.2, 0) is 19.6 Å². The maximum absolute atomic E-state index is 13.0. The number of ether oxygens (including phenoxy) is 1. The first kappa shape index (κ1) is 26.6. The summed E-state index contributed by atoms with van der Waals surface area (Å²) >= 11 is 5.97. The second-order valence-corrected chi connectivity index (χ2v) is 11.1. The average Bonchev–Trinajstić information content (AvgIpc) is 2.79. The Balaban J connectivity index is 1.63. The summed E-state index contributed by atoms with van der Waals surface area (Å²) in [5.41, 5.74) is -0.0272. The van der Waals surface area contributed by atoms with Gasteiger partial charge in [0.1, 0.15) is 0 Å². The molecule has 1 fully saturated rings. The Morgan fingerprint density at radius 1 is 1.14 bits per heavy atom. The topological polar surface area (TPSA) is 136 Å². The Kier molecular flexibility index (Phi) is 8.14. The fourth-order valence-corrected chi connectivity index (χ4v) is 5.85. The first-order valence-corrected chi connectivity index (χ1v) is 12.8. The molecule has 2 aromatic rings. The molecule has 1 aliphatic heterocycles. The highest BCUT2D eigenvalue weighted by Crippen LogP contribution is 2.28. The molecule has 1 saturated heterocycles. The number of hydrogen-bond donors (Lipinski definition) is 1. The summed E-state index contributed by atoms with van der Waals surface area (Å²) in [6, 6.07) is 8.91. The molecule has 2 aromatic carbocycles. The van der Waals surface area contributed by atoms with E-state index in [1.54, 1.807) is 0 Å². The quantitative estimate of drug-likeness (QED) is 0.328. The number of benzene rings is 2. The molecule has 1 heterocycles. The first-order valence-electron chi connectivity index (χ1n) is 10.9. The summed E-state index contributed by atoms with van der Waals surface area (Å²) in [7, 11) is -3.69. The number of esters is 1. The Morgan fingerprint density at radius 3 is 2.29 bits per heavy atom. The molecule has 1 aliphatic rings. The molecule has 0 unspecified atom stereocenters. The number of halogens is 1. The number of nitrogens with zero attached hydrogens (tertiary/aromatic N) is 2. The van der Waals surface area contributed by atoms with E-state index in [2.05, 4.69) is 5.32 Å². The van der Waals surface area contributed by atoms with E-state index in [1.807, 2.05) is 13.8 Å². The predicted octanol–water partition coefficient (Wildman–Crippen LogP) is 4.10. The number of hydrogen-bond acceptors (Lipinski definition) is 7. The van der Waals surface area contributed by atoms with Gasteiger partial charge in [0.15, 0.2) is 6.10 Å². The van der Waals surface area contributed by atoms with Crippen molar-refractivity contribution in [3.8, 4) is 0 Å². The van der Waals surface area contributed by atoms with Gasteiger partial charge in [-0.15, -0.1) is 0 Å². The maximum atomic E-state index is 13.0. The van der Waals surface area contributed by atoms with Crippen LogP contribution in [0.1, 0.15) is 37.6 Å². The van der Waals surface area contributed by atoms with Crippen molar-refractivity contribution in [1.29, 1.82) is 0 Å². The number of carbonyl (C=O) groups is 2. The second kappa shape index (κ2) is 10.7. The van der Waals surface area contributed by atoms with E-state index in [9.17, 15) is 28.1 Å². The minimum atomic E-state index is -3.69. The molecule has 3 atom stereocenters. The summed E-state index contributed by atoms with van der Waals surface area (Å²) in [6.07, 6.45) is -0.243. The van der Waals surface area contributed by atoms with Crippen LogP contribution in [0.2, 0.25) is 5.02 Å². The number of anilines is 1. The highest BCUT2D eigenvalue weighted by Gasteiger charge is 2.32. The lowest BCUT2D eigenvalue weighted by molar-refractivity contribution is -0.384. The molecule has 0 aliphatic carbocycles. The molecule has 12 heteroatoms. The van der Waals surface area contributed by atoms with Gasteiger partial charge in [0.2, 0.25) is 10.0 Å². The Hall–Kier alpha value is -3.02. The number of nitro benzene ring substituents is 1. The number of amides is 1. The fourth-order valence-electron chi connectivity index (χ4n) is 3.95. The van der Waals surface area contributed by atoms with Crippen molar-refractivity contribution >= 4 is 44.9 Å². The molecule has 0 bridgehead atoms. The SMILES string of the molecule is C[C@@H]1C[C@@H](C)CN(S(=O)(=O)c2ccc(C(=O)O[C@H](C)C(=O)Nc3ccc([N+](=O)[O-])cc3Cl)cc2)C1. The van der Waals surface area contributed by atoms with Gasteiger partial charge in [0.05, 0.1) is 26.1 Å². The van der Waals surface area contributed by atoms with Gasteiger partial charge in [-0.05, 0) is 55.5 Å². The minimum Gasteiger partial charge on any atom is -0.449 e. The van der Waals surface area contributed by atoms with Crippen LogP contribution in [0.15, 0.2) is 47.4 Å². The van der Waals surface area contributed by atoms with E-state index in [4.69, 9.17) is 16.3 Å². The van der Waals surface area contributed by atoms with Gasteiger partial charge in [-0.2, -0.15) is 4.31 Å². The van der Waals surface area contributed by atoms with Crippen molar-refractivity contribution in [2.75, 3.05) is 18.4 Å². The zero-order chi connectivity index (χ0) is 25.9. The van der Waals surface area contributed by atoms with Crippen LogP contribution in [-0.4, -0.2) is 48.7 Å². The number of non-ortho nitro benzene ring substituents is 1. The smallest absolute Gasteiger partial charge is 0.338 e. The van der Waals surface area contributed by atoms with Gasteiger partial charge in [-0.25, -0.2) is 13.2 Å². The average molecular weight is 524 g/mol. The zero-order valence-electron chi connectivity index (χ0n) is 19.4. The van der Waals surface area contributed by atoms with E-state index < -0.39 is 32.9 Å². The number of nitrogens with one attached hydrogen (secondary N) is 1. The van der Waals surface area contributed by atoms with Crippen molar-refractivity contribution < 1.29 is 27.7 Å². The highest BCUT2D eigenvalue weighted by atomic mass is 35.5. The van der Waals surface area contributed by atoms with E-state index in [0.717, 1.165) is 12.5 Å². The van der Waals surface area contributed by atoms with Crippen molar-refractivity contribution in [1.82, 2.24) is 4.31 Å². The molecule has 1 amide bonds. The van der Waals surface area contributed by atoms with Crippen molar-refractivity contribution in [2.45, 2.75) is 38.2 Å². The Morgan fingerprint density at radius 2 is 1.74 bits per heavy atom. The van der Waals surface area contributed by atoms with Crippen LogP contribution in [0.4, 0.5) is 11.4 Å². The van der Waals surface area contributed by atoms with E-state index in [0.29, 0.717) is 13.1 Å². The summed E-state index contributed by atoms with van der Waals surface area (Å²) in [5.74, 6) is -0.985. The van der Waals surface area contributed by atoms with Crippen molar-refractivity contribution in [3.63, 3.8) is 0 Å². The van der Waals surface area contributed by atoms with Crippen LogP contribution < -0.4 is 5.32 Å². The van der Waals surface area contributed by atoms with Gasteiger partial charge in [-0.3, -0.25) is 14.9 Å².